The molecule has 0 unspecified atom stereocenters. The molecule has 1 N–H and O–H groups in total. The van der Waals surface area contributed by atoms with Crippen molar-refractivity contribution >= 4 is 17.9 Å². The third-order valence-electron chi connectivity index (χ3n) is 4.93. The molecule has 156 valence electrons. The molecule has 3 rings (SSSR count). The van der Waals surface area contributed by atoms with Gasteiger partial charge in [0.2, 0.25) is 0 Å². The van der Waals surface area contributed by atoms with Crippen molar-refractivity contribution in [2.24, 2.45) is 0 Å². The van der Waals surface area contributed by atoms with Crippen LogP contribution in [-0.4, -0.2) is 34.8 Å². The molecule has 1 aliphatic rings. The molecule has 1 fully saturated rings. The summed E-state index contributed by atoms with van der Waals surface area (Å²) in [7, 11) is 0. The van der Waals surface area contributed by atoms with Gasteiger partial charge < -0.3 is 14.7 Å². The van der Waals surface area contributed by atoms with Crippen LogP contribution in [0.1, 0.15) is 44.7 Å². The Morgan fingerprint density at radius 2 is 1.76 bits per heavy atom. The molecule has 0 aromatic heterocycles. The molecule has 0 bridgehead atoms. The standard InChI is InChI=1S/C23H28FNO3S/c1-16-5-8-18(9-6-16)29-20-10-7-17(24)15-19(20)23(27)11-13-25(14-12-23)21(26)28-22(2,3)4/h5-10,15,27H,11-14H2,1-4H3. The van der Waals surface area contributed by atoms with E-state index in [0.717, 1.165) is 9.79 Å². The van der Waals surface area contributed by atoms with E-state index in [4.69, 9.17) is 4.74 Å². The molecular formula is C23H28FNO3S. The van der Waals surface area contributed by atoms with Gasteiger partial charge in [0.25, 0.3) is 0 Å². The van der Waals surface area contributed by atoms with Crippen LogP contribution < -0.4 is 0 Å². The maximum Gasteiger partial charge on any atom is 0.410 e. The lowest BCUT2D eigenvalue weighted by atomic mass is 9.84. The van der Waals surface area contributed by atoms with Crippen LogP contribution in [0.3, 0.4) is 0 Å². The SMILES string of the molecule is Cc1ccc(Sc2ccc(F)cc2C2(O)CCN(C(=O)OC(C)(C)C)CC2)cc1. The van der Waals surface area contributed by atoms with Crippen LogP contribution in [0.15, 0.2) is 52.3 Å². The van der Waals surface area contributed by atoms with E-state index in [2.05, 4.69) is 0 Å². The first-order valence-electron chi connectivity index (χ1n) is 9.81. The van der Waals surface area contributed by atoms with Crippen LogP contribution in [0.4, 0.5) is 9.18 Å². The molecule has 0 atom stereocenters. The topological polar surface area (TPSA) is 49.8 Å². The van der Waals surface area contributed by atoms with E-state index in [0.29, 0.717) is 31.5 Å². The Hall–Kier alpha value is -2.05. The molecule has 2 aromatic carbocycles. The van der Waals surface area contributed by atoms with Gasteiger partial charge in [-0.15, -0.1) is 0 Å². The molecule has 1 heterocycles. The monoisotopic (exact) mass is 417 g/mol. The fourth-order valence-electron chi connectivity index (χ4n) is 3.34. The summed E-state index contributed by atoms with van der Waals surface area (Å²) >= 11 is 1.51. The maximum absolute atomic E-state index is 14.0. The van der Waals surface area contributed by atoms with Gasteiger partial charge >= 0.3 is 6.09 Å². The highest BCUT2D eigenvalue weighted by Gasteiger charge is 2.38. The van der Waals surface area contributed by atoms with E-state index < -0.39 is 11.2 Å². The number of hydrogen-bond donors (Lipinski definition) is 1. The Morgan fingerprint density at radius 3 is 2.34 bits per heavy atom. The van der Waals surface area contributed by atoms with E-state index in [-0.39, 0.29) is 11.9 Å². The first kappa shape index (κ1) is 21.7. The van der Waals surface area contributed by atoms with Gasteiger partial charge in [-0.05, 0) is 70.9 Å². The third kappa shape index (κ3) is 5.52. The summed E-state index contributed by atoms with van der Waals surface area (Å²) in [4.78, 5) is 15.8. The summed E-state index contributed by atoms with van der Waals surface area (Å²) in [6, 6.07) is 12.6. The summed E-state index contributed by atoms with van der Waals surface area (Å²) in [5.41, 5.74) is -0.00691. The van der Waals surface area contributed by atoms with Crippen molar-refractivity contribution in [3.05, 3.63) is 59.4 Å². The predicted molar refractivity (Wildman–Crippen MR) is 113 cm³/mol. The number of likely N-dealkylation sites (tertiary alicyclic amines) is 1. The number of carbonyl (C=O) groups is 1. The highest BCUT2D eigenvalue weighted by molar-refractivity contribution is 7.99. The van der Waals surface area contributed by atoms with Crippen LogP contribution in [0.25, 0.3) is 0 Å². The van der Waals surface area contributed by atoms with Gasteiger partial charge in [-0.1, -0.05) is 29.5 Å². The second kappa shape index (κ2) is 8.36. The number of benzene rings is 2. The lowest BCUT2D eigenvalue weighted by Gasteiger charge is -2.39. The van der Waals surface area contributed by atoms with Gasteiger partial charge in [0, 0.05) is 28.4 Å². The fourth-order valence-corrected chi connectivity index (χ4v) is 4.36. The predicted octanol–water partition coefficient (Wildman–Crippen LogP) is 5.50. The lowest BCUT2D eigenvalue weighted by Crippen LogP contribution is -2.47. The number of carbonyl (C=O) groups excluding carboxylic acids is 1. The summed E-state index contributed by atoms with van der Waals surface area (Å²) in [6.07, 6.45) is 0.280. The molecule has 1 saturated heterocycles. The van der Waals surface area contributed by atoms with E-state index in [1.165, 1.54) is 29.5 Å². The second-order valence-corrected chi connectivity index (χ2v) is 9.67. The number of halogens is 1. The molecule has 1 aliphatic heterocycles. The van der Waals surface area contributed by atoms with Crippen LogP contribution in [0.5, 0.6) is 0 Å². The van der Waals surface area contributed by atoms with Crippen molar-refractivity contribution < 1.29 is 19.0 Å². The number of aryl methyl sites for hydroxylation is 1. The van der Waals surface area contributed by atoms with Crippen molar-refractivity contribution in [2.75, 3.05) is 13.1 Å². The minimum absolute atomic E-state index is 0.331. The number of nitrogens with zero attached hydrogens (tertiary/aromatic N) is 1. The maximum atomic E-state index is 14.0. The number of rotatable bonds is 3. The van der Waals surface area contributed by atoms with Crippen molar-refractivity contribution in [3.63, 3.8) is 0 Å². The molecule has 0 radical (unpaired) electrons. The molecule has 6 heteroatoms. The Morgan fingerprint density at radius 1 is 1.14 bits per heavy atom. The number of hydrogen-bond acceptors (Lipinski definition) is 4. The van der Waals surface area contributed by atoms with E-state index in [1.54, 1.807) is 11.0 Å². The third-order valence-corrected chi connectivity index (χ3v) is 6.02. The van der Waals surface area contributed by atoms with Gasteiger partial charge in [0.15, 0.2) is 0 Å². The largest absolute Gasteiger partial charge is 0.444 e. The van der Waals surface area contributed by atoms with Crippen LogP contribution in [0, 0.1) is 12.7 Å². The first-order valence-corrected chi connectivity index (χ1v) is 10.6. The average Bonchev–Trinajstić information content (AvgIpc) is 2.64. The average molecular weight is 418 g/mol. The molecule has 2 aromatic rings. The molecule has 1 amide bonds. The number of amides is 1. The van der Waals surface area contributed by atoms with Crippen LogP contribution in [-0.2, 0) is 10.3 Å². The van der Waals surface area contributed by atoms with E-state index in [9.17, 15) is 14.3 Å². The molecule has 29 heavy (non-hydrogen) atoms. The smallest absolute Gasteiger partial charge is 0.410 e. The van der Waals surface area contributed by atoms with Gasteiger partial charge in [0.05, 0.1) is 5.60 Å². The zero-order valence-corrected chi connectivity index (χ0v) is 18.2. The fraction of sp³-hybridized carbons (Fsp3) is 0.435. The Bertz CT molecular complexity index is 869. The second-order valence-electron chi connectivity index (χ2n) is 8.55. The van der Waals surface area contributed by atoms with Crippen LogP contribution >= 0.6 is 11.8 Å². The molecule has 0 saturated carbocycles. The number of piperidine rings is 1. The van der Waals surface area contributed by atoms with Crippen molar-refractivity contribution in [3.8, 4) is 0 Å². The highest BCUT2D eigenvalue weighted by Crippen LogP contribution is 2.41. The zero-order chi connectivity index (χ0) is 21.2. The van der Waals surface area contributed by atoms with Gasteiger partial charge in [-0.25, -0.2) is 9.18 Å². The summed E-state index contributed by atoms with van der Waals surface area (Å²) in [5, 5.41) is 11.3. The Labute approximate surface area is 176 Å². The van der Waals surface area contributed by atoms with Gasteiger partial charge in [0.1, 0.15) is 11.4 Å². The zero-order valence-electron chi connectivity index (χ0n) is 17.4. The van der Waals surface area contributed by atoms with E-state index in [1.807, 2.05) is 52.0 Å². The Balaban J connectivity index is 1.78. The molecule has 4 nitrogen and oxygen atoms in total. The summed E-state index contributed by atoms with van der Waals surface area (Å²) in [5.74, 6) is -0.378. The minimum Gasteiger partial charge on any atom is -0.444 e. The normalized spacial score (nSPS) is 16.6. The van der Waals surface area contributed by atoms with Gasteiger partial charge in [-0.2, -0.15) is 0 Å². The highest BCUT2D eigenvalue weighted by atomic mass is 32.2. The first-order chi connectivity index (χ1) is 13.6. The minimum atomic E-state index is -1.19. The molecular weight excluding hydrogens is 389 g/mol. The molecule has 0 aliphatic carbocycles. The quantitative estimate of drug-likeness (QED) is 0.716. The number of aliphatic hydroxyl groups is 1. The van der Waals surface area contributed by atoms with Crippen molar-refractivity contribution in [1.29, 1.82) is 0 Å². The lowest BCUT2D eigenvalue weighted by molar-refractivity contribution is -0.0373. The van der Waals surface area contributed by atoms with Gasteiger partial charge in [-0.3, -0.25) is 0 Å². The van der Waals surface area contributed by atoms with Crippen molar-refractivity contribution in [2.45, 2.75) is 61.5 Å². The summed E-state index contributed by atoms with van der Waals surface area (Å²) < 4.78 is 19.5. The Kier molecular flexibility index (Phi) is 6.24. The van der Waals surface area contributed by atoms with E-state index >= 15 is 0 Å². The number of ether oxygens (including phenoxy) is 1. The molecule has 0 spiro atoms. The van der Waals surface area contributed by atoms with Crippen molar-refractivity contribution in [1.82, 2.24) is 4.90 Å². The van der Waals surface area contributed by atoms with Crippen LogP contribution in [0.2, 0.25) is 0 Å². The summed E-state index contributed by atoms with van der Waals surface area (Å²) in [6.45, 7) is 8.22.